The van der Waals surface area contributed by atoms with Crippen LogP contribution in [0.1, 0.15) is 0 Å². The molecule has 0 radical (unpaired) electrons. The number of fused-ring (bicyclic) bond motifs is 7. The molecule has 1 aliphatic rings. The third-order valence-corrected chi connectivity index (χ3v) is 6.95. The van der Waals surface area contributed by atoms with Gasteiger partial charge < -0.3 is 0 Å². The largest absolute Gasteiger partial charge is 0.291 e. The van der Waals surface area contributed by atoms with Gasteiger partial charge in [0.2, 0.25) is 5.78 Å². The number of benzene rings is 4. The van der Waals surface area contributed by atoms with Crippen LogP contribution in [0.15, 0.2) is 78.9 Å². The minimum Gasteiger partial charge on any atom is -0.281 e. The molecule has 0 bridgehead atoms. The number of aromatic nitrogens is 3. The molecule has 5 heteroatoms. The second-order valence-corrected chi connectivity index (χ2v) is 8.29. The van der Waals surface area contributed by atoms with Gasteiger partial charge in [0.1, 0.15) is 0 Å². The first-order valence-corrected chi connectivity index (χ1v) is 10.3. The van der Waals surface area contributed by atoms with Crippen molar-refractivity contribution in [1.82, 2.24) is 14.0 Å². The van der Waals surface area contributed by atoms with Crippen LogP contribution < -0.4 is 10.9 Å². The fourth-order valence-electron chi connectivity index (χ4n) is 4.79. The lowest BCUT2D eigenvalue weighted by Crippen LogP contribution is -2.44. The summed E-state index contributed by atoms with van der Waals surface area (Å²) in [6.07, 6.45) is 0. The molecule has 3 heterocycles. The van der Waals surface area contributed by atoms with Gasteiger partial charge in [0.25, 0.3) is 5.54 Å². The lowest BCUT2D eigenvalue weighted by molar-refractivity contribution is 1.07. The summed E-state index contributed by atoms with van der Waals surface area (Å²) in [6.45, 7) is 0. The minimum absolute atomic E-state index is 0.170. The van der Waals surface area contributed by atoms with Crippen LogP contribution in [0.4, 0.5) is 0 Å². The van der Waals surface area contributed by atoms with Gasteiger partial charge in [-0.15, -0.1) is 15.8 Å². The van der Waals surface area contributed by atoms with Crippen molar-refractivity contribution in [3.05, 3.63) is 78.9 Å². The fourth-order valence-corrected chi connectivity index (χ4v) is 5.55. The lowest BCUT2D eigenvalue weighted by Gasteiger charge is -2.27. The Morgan fingerprint density at radius 3 is 2.54 bits per heavy atom. The van der Waals surface area contributed by atoms with Gasteiger partial charge in [0.05, 0.1) is 22.1 Å². The van der Waals surface area contributed by atoms with E-state index in [0.29, 0.717) is 0 Å². The zero-order chi connectivity index (χ0) is 18.4. The Hall–Kier alpha value is -3.05. The summed E-state index contributed by atoms with van der Waals surface area (Å²) in [6, 6.07) is 28.0. The summed E-state index contributed by atoms with van der Waals surface area (Å²) in [5, 5.41) is 2.54. The Kier molecular flexibility index (Phi) is 2.70. The molecule has 0 unspecified atom stereocenters. The number of imidazole rings is 1. The highest BCUT2D eigenvalue weighted by Crippen LogP contribution is 2.34. The maximum Gasteiger partial charge on any atom is 0.291 e. The third kappa shape index (κ3) is 1.65. The first-order valence-electron chi connectivity index (χ1n) is 9.39. The molecule has 28 heavy (non-hydrogen) atoms. The Bertz CT molecular complexity index is 1590. The van der Waals surface area contributed by atoms with Gasteiger partial charge in [-0.3, -0.25) is 8.97 Å². The Morgan fingerprint density at radius 1 is 0.750 bits per heavy atom. The second-order valence-electron chi connectivity index (χ2n) is 7.37. The van der Waals surface area contributed by atoms with E-state index in [1.54, 1.807) is 0 Å². The molecule has 0 saturated heterocycles. The van der Waals surface area contributed by atoms with Crippen LogP contribution in [-0.4, -0.2) is 19.5 Å². The van der Waals surface area contributed by atoms with Crippen molar-refractivity contribution < 1.29 is 0 Å². The molecule has 6 aromatic rings. The monoisotopic (exact) mass is 421 g/mol. The van der Waals surface area contributed by atoms with Gasteiger partial charge in [0, 0.05) is 11.1 Å². The van der Waals surface area contributed by atoms with Gasteiger partial charge in [-0.05, 0) is 40.6 Å². The molecule has 0 spiro atoms. The van der Waals surface area contributed by atoms with E-state index in [0.717, 1.165) is 16.8 Å². The zero-order valence-corrected chi connectivity index (χ0v) is 16.4. The average molecular weight is 422 g/mol. The third-order valence-electron chi connectivity index (χ3n) is 5.96. The van der Waals surface area contributed by atoms with Crippen LogP contribution in [0.2, 0.25) is 0 Å². The van der Waals surface area contributed by atoms with Crippen molar-refractivity contribution in [3.63, 3.8) is 0 Å². The number of para-hydroxylation sites is 3. The molecular formula is C23H13BBrN3. The van der Waals surface area contributed by atoms with E-state index in [9.17, 15) is 0 Å². The van der Waals surface area contributed by atoms with Crippen molar-refractivity contribution >= 4 is 70.8 Å². The minimum atomic E-state index is 0.170. The topological polar surface area (TPSA) is 22.2 Å². The molecule has 0 fully saturated rings. The first-order chi connectivity index (χ1) is 13.8. The number of hydrogen-bond acceptors (Lipinski definition) is 1. The fraction of sp³-hybridized carbons (Fsp3) is 0. The molecule has 0 saturated carbocycles. The SMILES string of the molecule is BrB1c2ccccc2-n2c3c1ccc1cccc(c13)n1c3ccccc3nc21. The summed E-state index contributed by atoms with van der Waals surface area (Å²) < 4.78 is 4.65. The Balaban J connectivity index is 1.90. The van der Waals surface area contributed by atoms with Gasteiger partial charge in [0.15, 0.2) is 0 Å². The van der Waals surface area contributed by atoms with Crippen LogP contribution >= 0.6 is 15.8 Å². The van der Waals surface area contributed by atoms with Crippen LogP contribution in [0.3, 0.4) is 0 Å². The molecule has 130 valence electrons. The zero-order valence-electron chi connectivity index (χ0n) is 14.8. The predicted molar refractivity (Wildman–Crippen MR) is 121 cm³/mol. The van der Waals surface area contributed by atoms with Crippen molar-refractivity contribution in [2.75, 3.05) is 0 Å². The van der Waals surface area contributed by atoms with Crippen molar-refractivity contribution in [2.24, 2.45) is 0 Å². The molecule has 4 aromatic carbocycles. The maximum atomic E-state index is 5.06. The number of rotatable bonds is 0. The van der Waals surface area contributed by atoms with Crippen molar-refractivity contribution in [3.8, 4) is 5.69 Å². The van der Waals surface area contributed by atoms with Crippen molar-refractivity contribution in [2.45, 2.75) is 0 Å². The summed E-state index contributed by atoms with van der Waals surface area (Å²) in [5.74, 6) is 0.959. The van der Waals surface area contributed by atoms with E-state index >= 15 is 0 Å². The van der Waals surface area contributed by atoms with E-state index in [2.05, 4.69) is 104 Å². The molecule has 0 aliphatic carbocycles. The molecular weight excluding hydrogens is 409 g/mol. The lowest BCUT2D eigenvalue weighted by atomic mass is 9.60. The molecule has 0 N–H and O–H groups in total. The van der Waals surface area contributed by atoms with E-state index in [1.165, 1.54) is 38.4 Å². The smallest absolute Gasteiger partial charge is 0.281 e. The van der Waals surface area contributed by atoms with Gasteiger partial charge in [-0.25, -0.2) is 4.98 Å². The molecule has 2 aromatic heterocycles. The van der Waals surface area contributed by atoms with E-state index in [-0.39, 0.29) is 5.54 Å². The second kappa shape index (κ2) is 5.06. The highest BCUT2D eigenvalue weighted by molar-refractivity contribution is 9.25. The summed E-state index contributed by atoms with van der Waals surface area (Å²) in [4.78, 5) is 5.06. The van der Waals surface area contributed by atoms with Gasteiger partial charge in [-0.2, -0.15) is 0 Å². The van der Waals surface area contributed by atoms with Crippen LogP contribution in [0.25, 0.3) is 44.3 Å². The van der Waals surface area contributed by atoms with E-state index < -0.39 is 0 Å². The molecule has 0 amide bonds. The maximum absolute atomic E-state index is 5.06. The van der Waals surface area contributed by atoms with Crippen LogP contribution in [0.5, 0.6) is 0 Å². The van der Waals surface area contributed by atoms with Gasteiger partial charge in [-0.1, -0.05) is 54.6 Å². The number of nitrogens with zero attached hydrogens (tertiary/aromatic N) is 3. The number of hydrogen-bond donors (Lipinski definition) is 0. The molecule has 3 nitrogen and oxygen atoms in total. The summed E-state index contributed by atoms with van der Waals surface area (Å²) >= 11 is 3.97. The first kappa shape index (κ1) is 14.9. The normalized spacial score (nSPS) is 13.1. The average Bonchev–Trinajstić information content (AvgIpc) is 3.13. The standard InChI is InChI=1S/C23H13BBrN3/c25-24-15-7-1-3-9-18(15)28-22-16(24)13-12-14-6-5-11-20(21(14)22)27-19-10-4-2-8-17(19)26-23(27)28/h1-13H. The summed E-state index contributed by atoms with van der Waals surface area (Å²) in [5.41, 5.74) is 8.52. The van der Waals surface area contributed by atoms with Gasteiger partial charge >= 0.3 is 0 Å². The molecule has 1 aliphatic heterocycles. The van der Waals surface area contributed by atoms with E-state index in [4.69, 9.17) is 4.98 Å². The highest BCUT2D eigenvalue weighted by atomic mass is 79.9. The van der Waals surface area contributed by atoms with Crippen LogP contribution in [-0.2, 0) is 0 Å². The van der Waals surface area contributed by atoms with Crippen molar-refractivity contribution in [1.29, 1.82) is 0 Å². The summed E-state index contributed by atoms with van der Waals surface area (Å²) in [7, 11) is 0. The predicted octanol–water partition coefficient (Wildman–Crippen LogP) is 4.40. The van der Waals surface area contributed by atoms with E-state index in [1.807, 2.05) is 0 Å². The number of halogens is 1. The molecule has 7 rings (SSSR count). The molecule has 0 atom stereocenters. The Morgan fingerprint density at radius 2 is 1.57 bits per heavy atom. The Labute approximate surface area is 169 Å². The van der Waals surface area contributed by atoms with Crippen LogP contribution in [0, 0.1) is 0 Å². The quantitative estimate of drug-likeness (QED) is 0.333. The highest BCUT2D eigenvalue weighted by Gasteiger charge is 2.31.